The van der Waals surface area contributed by atoms with Crippen LogP contribution in [-0.2, 0) is 4.74 Å². The molecule has 0 saturated carbocycles. The van der Waals surface area contributed by atoms with Gasteiger partial charge in [0.25, 0.3) is 0 Å². The highest BCUT2D eigenvalue weighted by Gasteiger charge is 2.41. The predicted molar refractivity (Wildman–Crippen MR) is 145 cm³/mol. The Kier molecular flexibility index (Phi) is 10.6. The molecule has 198 valence electrons. The highest BCUT2D eigenvalue weighted by molar-refractivity contribution is 9.10. The zero-order chi connectivity index (χ0) is 27.1. The first-order chi connectivity index (χ1) is 17.6. The zero-order valence-electron chi connectivity index (χ0n) is 20.0. The van der Waals surface area contributed by atoms with Crippen LogP contribution in [-0.4, -0.2) is 61.8 Å². The van der Waals surface area contributed by atoms with E-state index in [1.54, 1.807) is 43.5 Å². The Morgan fingerprint density at radius 1 is 1.30 bits per heavy atom. The van der Waals surface area contributed by atoms with Gasteiger partial charge in [0.05, 0.1) is 35.4 Å². The number of aliphatic hydroxyl groups excluding tert-OH is 2. The second-order valence-electron chi connectivity index (χ2n) is 8.26. The Morgan fingerprint density at radius 2 is 2.05 bits per heavy atom. The van der Waals surface area contributed by atoms with E-state index < -0.39 is 24.4 Å². The largest absolute Gasteiger partial charge is 0.394 e. The number of hydrogen-bond acceptors (Lipinski definition) is 6. The number of amidine groups is 2. The van der Waals surface area contributed by atoms with Crippen molar-refractivity contribution < 1.29 is 19.3 Å². The number of halogens is 4. The topological polar surface area (TPSA) is 131 Å². The molecule has 4 rings (SSSR count). The number of aliphatic imine (C=N–C) groups is 2. The Morgan fingerprint density at radius 3 is 2.65 bits per heavy atom. The van der Waals surface area contributed by atoms with Crippen LogP contribution in [0.5, 0.6) is 0 Å². The highest BCUT2D eigenvalue weighted by Crippen LogP contribution is 2.33. The summed E-state index contributed by atoms with van der Waals surface area (Å²) in [6.45, 7) is 3.08. The molecule has 1 saturated heterocycles. The number of benzene rings is 2. The maximum atomic E-state index is 12.4. The van der Waals surface area contributed by atoms with Gasteiger partial charge >= 0.3 is 0 Å². The molecule has 2 heterocycles. The van der Waals surface area contributed by atoms with Crippen LogP contribution in [0.2, 0.25) is 10.0 Å². The molecule has 0 amide bonds. The van der Waals surface area contributed by atoms with E-state index in [-0.39, 0.29) is 17.4 Å². The first-order valence-corrected chi connectivity index (χ1v) is 12.7. The molecule has 0 bridgehead atoms. The summed E-state index contributed by atoms with van der Waals surface area (Å²) in [5.74, 6) is 0.250. The summed E-state index contributed by atoms with van der Waals surface area (Å²) in [5.41, 5.74) is 7.24. The summed E-state index contributed by atoms with van der Waals surface area (Å²) in [4.78, 5) is 8.90. The van der Waals surface area contributed by atoms with Crippen molar-refractivity contribution in [2.45, 2.75) is 44.6 Å². The molecular weight excluding hydrogens is 590 g/mol. The summed E-state index contributed by atoms with van der Waals surface area (Å²) >= 11 is 14.9. The summed E-state index contributed by atoms with van der Waals surface area (Å²) in [6, 6.07) is 9.44. The third kappa shape index (κ3) is 8.03. The summed E-state index contributed by atoms with van der Waals surface area (Å²) in [5, 5.41) is 28.7. The van der Waals surface area contributed by atoms with Crippen molar-refractivity contribution >= 4 is 56.5 Å². The van der Waals surface area contributed by atoms with Gasteiger partial charge in [0.15, 0.2) is 5.84 Å². The van der Waals surface area contributed by atoms with Gasteiger partial charge in [0.2, 0.25) is 0 Å². The van der Waals surface area contributed by atoms with Crippen molar-refractivity contribution in [1.29, 1.82) is 0 Å². The zero-order valence-corrected chi connectivity index (χ0v) is 23.1. The monoisotopic (exact) mass is 614 g/mol. The van der Waals surface area contributed by atoms with Gasteiger partial charge in [-0.1, -0.05) is 34.5 Å². The van der Waals surface area contributed by atoms with Crippen LogP contribution in [0.25, 0.3) is 0 Å². The van der Waals surface area contributed by atoms with Crippen LogP contribution in [0.1, 0.15) is 24.9 Å². The smallest absolute Gasteiger partial charge is 0.159 e. The molecule has 0 spiro atoms. The molecule has 37 heavy (non-hydrogen) atoms. The third-order valence-electron chi connectivity index (χ3n) is 5.33. The third-order valence-corrected chi connectivity index (χ3v) is 6.54. The van der Waals surface area contributed by atoms with E-state index in [4.69, 9.17) is 33.7 Å². The number of aliphatic hydroxyl groups is 2. The van der Waals surface area contributed by atoms with Crippen LogP contribution in [0, 0.1) is 12.7 Å². The van der Waals surface area contributed by atoms with E-state index in [0.717, 1.165) is 10.0 Å². The molecule has 4 N–H and O–H groups in total. The fourth-order valence-corrected chi connectivity index (χ4v) is 4.19. The van der Waals surface area contributed by atoms with Gasteiger partial charge in [-0.3, -0.25) is 0 Å². The molecule has 13 heteroatoms. The first-order valence-electron chi connectivity index (χ1n) is 11.1. The van der Waals surface area contributed by atoms with Crippen molar-refractivity contribution in [3.8, 4) is 0 Å². The van der Waals surface area contributed by atoms with Crippen molar-refractivity contribution in [3.05, 3.63) is 74.7 Å². The molecule has 1 aromatic heterocycles. The van der Waals surface area contributed by atoms with Crippen LogP contribution in [0.3, 0.4) is 0 Å². The molecule has 4 unspecified atom stereocenters. The van der Waals surface area contributed by atoms with Gasteiger partial charge in [-0.25, -0.2) is 19.1 Å². The molecule has 0 aliphatic carbocycles. The highest BCUT2D eigenvalue weighted by atomic mass is 79.9. The number of ether oxygens (including phenoxy) is 1. The molecule has 1 aliphatic heterocycles. The predicted octanol–water partition coefficient (Wildman–Crippen LogP) is 4.64. The lowest BCUT2D eigenvalue weighted by molar-refractivity contribution is -0.137. The fourth-order valence-electron chi connectivity index (χ4n) is 3.58. The van der Waals surface area contributed by atoms with Gasteiger partial charge < -0.3 is 20.7 Å². The molecule has 1 aliphatic rings. The average Bonchev–Trinajstić information content (AvgIpc) is 3.38. The van der Waals surface area contributed by atoms with E-state index in [1.807, 2.05) is 6.92 Å². The Hall–Kier alpha value is -2.41. The molecule has 1 fully saturated rings. The van der Waals surface area contributed by atoms with E-state index in [9.17, 15) is 14.6 Å². The number of nitrogens with zero attached hydrogens (tertiary/aromatic N) is 5. The minimum atomic E-state index is -0.968. The van der Waals surface area contributed by atoms with Crippen molar-refractivity contribution in [2.24, 2.45) is 15.7 Å². The molecule has 9 nitrogen and oxygen atoms in total. The Labute approximate surface area is 231 Å². The summed E-state index contributed by atoms with van der Waals surface area (Å²) < 4.78 is 20.6. The second-order valence-corrected chi connectivity index (χ2v) is 9.96. The van der Waals surface area contributed by atoms with Crippen LogP contribution >= 0.6 is 39.1 Å². The standard InChI is InChI=1S/C17H20BrClN6O3.C7H6ClF/c1-9(20)22-17(23-12-6-10(19)2-3-11(12)18)14-7-13(25-5-4-21-24-25)16(27)15(8-26)28-14;1-5-2-3-6(8)7(9)4-5/h2-6,13-16,26-27H,7-8H2,1H3,(H2,20,22,23);2-4H,1H3. The van der Waals surface area contributed by atoms with Crippen LogP contribution in [0.4, 0.5) is 10.1 Å². The quantitative estimate of drug-likeness (QED) is 0.289. The lowest BCUT2D eigenvalue weighted by Crippen LogP contribution is -2.50. The van der Waals surface area contributed by atoms with Gasteiger partial charge in [-0.05, 0) is 65.7 Å². The fraction of sp³-hybridized carbons (Fsp3) is 0.333. The average molecular weight is 616 g/mol. The normalized spacial score (nSPS) is 22.4. The number of hydrogen-bond donors (Lipinski definition) is 3. The minimum Gasteiger partial charge on any atom is -0.394 e. The lowest BCUT2D eigenvalue weighted by Gasteiger charge is -2.38. The van der Waals surface area contributed by atoms with Crippen molar-refractivity contribution in [3.63, 3.8) is 0 Å². The maximum absolute atomic E-state index is 12.4. The summed E-state index contributed by atoms with van der Waals surface area (Å²) in [6.07, 6.45) is 1.03. The maximum Gasteiger partial charge on any atom is 0.159 e. The van der Waals surface area contributed by atoms with E-state index in [0.29, 0.717) is 28.8 Å². The van der Waals surface area contributed by atoms with E-state index in [1.165, 1.54) is 16.9 Å². The molecule has 4 atom stereocenters. The minimum absolute atomic E-state index is 0.181. The van der Waals surface area contributed by atoms with E-state index >= 15 is 0 Å². The van der Waals surface area contributed by atoms with E-state index in [2.05, 4.69) is 36.2 Å². The summed E-state index contributed by atoms with van der Waals surface area (Å²) in [7, 11) is 0. The number of aryl methyl sites for hydroxylation is 1. The van der Waals surface area contributed by atoms with Crippen molar-refractivity contribution in [2.75, 3.05) is 6.61 Å². The SMILES string of the molecule is CC(N)=NC(=Nc1cc(Cl)ccc1Br)C1CC(n2ccnn2)C(O)C(CO)O1.Cc1ccc(Cl)c(F)c1. The second kappa shape index (κ2) is 13.4. The lowest BCUT2D eigenvalue weighted by atomic mass is 9.95. The Balaban J connectivity index is 0.000000356. The number of aromatic nitrogens is 3. The number of rotatable bonds is 4. The Bertz CT molecular complexity index is 1260. The van der Waals surface area contributed by atoms with Gasteiger partial charge in [-0.15, -0.1) is 5.10 Å². The number of nitrogens with two attached hydrogens (primary N) is 1. The first kappa shape index (κ1) is 29.2. The van der Waals surface area contributed by atoms with Crippen LogP contribution in [0.15, 0.2) is 63.2 Å². The molecular formula is C24H26BrCl2FN6O3. The van der Waals surface area contributed by atoms with Crippen LogP contribution < -0.4 is 5.73 Å². The molecule has 3 aromatic rings. The molecule has 0 radical (unpaired) electrons. The molecule has 2 aromatic carbocycles. The van der Waals surface area contributed by atoms with Gasteiger partial charge in [0.1, 0.15) is 24.1 Å². The van der Waals surface area contributed by atoms with Gasteiger partial charge in [0, 0.05) is 22.1 Å². The van der Waals surface area contributed by atoms with Gasteiger partial charge in [-0.2, -0.15) is 0 Å². The van der Waals surface area contributed by atoms with Crippen molar-refractivity contribution in [1.82, 2.24) is 15.0 Å².